The minimum Gasteiger partial charge on any atom is -2.00 e. The fraction of sp³-hybridized carbons (Fsp3) is 0.357. The average molecular weight is 907 g/mol. The number of hydrogen-bond acceptors (Lipinski definition) is 13. The van der Waals surface area contributed by atoms with Crippen molar-refractivity contribution in [2.24, 2.45) is 10.8 Å². The van der Waals surface area contributed by atoms with Crippen LogP contribution in [0.2, 0.25) is 0 Å². The van der Waals surface area contributed by atoms with Crippen LogP contribution in [0.1, 0.15) is 0 Å². The van der Waals surface area contributed by atoms with Gasteiger partial charge in [-0.15, -0.1) is 0 Å². The molecule has 0 aliphatic rings. The molecule has 0 aliphatic carbocycles. The first kappa shape index (κ1) is 56.2. The largest absolute Gasteiger partial charge is 3.00 e. The van der Waals surface area contributed by atoms with Gasteiger partial charge in [0.05, 0.1) is 24.0 Å². The summed E-state index contributed by atoms with van der Waals surface area (Å²) in [7, 11) is 0. The van der Waals surface area contributed by atoms with Crippen LogP contribution in [0.4, 0.5) is 0 Å². The van der Waals surface area contributed by atoms with Crippen molar-refractivity contribution in [3.05, 3.63) is 75.9 Å². The third kappa shape index (κ3) is 24.1. The second-order valence-electron chi connectivity index (χ2n) is 8.36. The summed E-state index contributed by atoms with van der Waals surface area (Å²) in [6.07, 6.45) is 5.32. The van der Waals surface area contributed by atoms with E-state index in [1.54, 1.807) is 0 Å². The second kappa shape index (κ2) is 31.5. The molecule has 250 valence electrons. The molecule has 0 atom stereocenters. The zero-order chi connectivity index (χ0) is 31.3. The Kier molecular flexibility index (Phi) is 38.4. The molecular formula is C28H34Ce2O16. The van der Waals surface area contributed by atoms with Gasteiger partial charge in [0.15, 0.2) is 0 Å². The quantitative estimate of drug-likeness (QED) is 0.0836. The molecule has 2 radical (unpaired) electrons. The van der Waals surface area contributed by atoms with Gasteiger partial charge in [-0.2, -0.15) is 0 Å². The van der Waals surface area contributed by atoms with Gasteiger partial charge in [-0.25, -0.2) is 28.8 Å². The Balaban J connectivity index is -0.000000800. The molecule has 16 nitrogen and oxygen atoms in total. The number of esters is 6. The minimum absolute atomic E-state index is 0. The van der Waals surface area contributed by atoms with E-state index in [4.69, 9.17) is 33.2 Å². The molecule has 0 heterocycles. The van der Waals surface area contributed by atoms with Crippen molar-refractivity contribution in [2.75, 3.05) is 52.9 Å². The van der Waals surface area contributed by atoms with Crippen molar-refractivity contribution in [3.63, 3.8) is 0 Å². The second-order valence-corrected chi connectivity index (χ2v) is 8.36. The third-order valence-corrected chi connectivity index (χ3v) is 4.94. The number of ether oxygens (including phenoxy) is 7. The van der Waals surface area contributed by atoms with E-state index < -0.39 is 99.5 Å². The van der Waals surface area contributed by atoms with Crippen LogP contribution in [0.15, 0.2) is 75.9 Å². The first-order chi connectivity index (χ1) is 19.4. The number of carbonyl (C=O) groups is 6. The van der Waals surface area contributed by atoms with Crippen LogP contribution in [0.5, 0.6) is 0 Å². The molecule has 0 amide bonds. The molecule has 0 bridgehead atoms. The van der Waals surface area contributed by atoms with Crippen LogP contribution in [0.25, 0.3) is 0 Å². The fourth-order valence-electron chi connectivity index (χ4n) is 2.68. The first-order valence-corrected chi connectivity index (χ1v) is 11.8. The monoisotopic (exact) mass is 906 g/mol. The molecule has 0 aromatic rings. The van der Waals surface area contributed by atoms with Crippen molar-refractivity contribution in [2.45, 2.75) is 0 Å². The molecule has 0 saturated carbocycles. The Hall–Kier alpha value is -2.15. The summed E-state index contributed by atoms with van der Waals surface area (Å²) in [5.74, 6) is -5.01. The topological polar surface area (TPSA) is 253 Å². The molecule has 0 N–H and O–H groups in total. The Morgan fingerprint density at radius 3 is 0.652 bits per heavy atom. The van der Waals surface area contributed by atoms with E-state index in [-0.39, 0.29) is 99.9 Å². The van der Waals surface area contributed by atoms with Crippen molar-refractivity contribution in [3.8, 4) is 0 Å². The van der Waals surface area contributed by atoms with Gasteiger partial charge >= 0.3 is 119 Å². The Morgan fingerprint density at radius 2 is 0.522 bits per heavy atom. The van der Waals surface area contributed by atoms with Crippen LogP contribution in [-0.2, 0) is 78.4 Å². The van der Waals surface area contributed by atoms with Gasteiger partial charge in [-0.05, 0) is 0 Å². The molecule has 0 saturated heterocycles. The summed E-state index contributed by atoms with van der Waals surface area (Å²) in [6, 6.07) is 0. The van der Waals surface area contributed by atoms with Gasteiger partial charge in [0.1, 0.15) is 39.6 Å². The van der Waals surface area contributed by atoms with Crippen molar-refractivity contribution < 1.29 is 162 Å². The molecule has 0 spiro atoms. The molecule has 46 heavy (non-hydrogen) atoms. The summed E-state index contributed by atoms with van der Waals surface area (Å²) in [5.41, 5.74) is -2.98. The standard InChI is InChI=1S/C28H34O13.2Ce.3O/c1-7-21(29)36-15-27(16-37-22(30)8-2,17-38-23(31)9-3)13-35-14-28(18-39-24(32)10-4,19-40-25(33)11-5)20-41-26(34)12-6;;;;;/h7-12H,1-6,13-20H2;;;;;/q;2*+3;3*-2. The molecular weight excluding hydrogens is 873 g/mol. The van der Waals surface area contributed by atoms with Crippen LogP contribution in [0.3, 0.4) is 0 Å². The zero-order valence-corrected chi connectivity index (χ0v) is 31.2. The van der Waals surface area contributed by atoms with Crippen LogP contribution in [0, 0.1) is 94.3 Å². The molecule has 0 aromatic heterocycles. The summed E-state index contributed by atoms with van der Waals surface area (Å²) < 4.78 is 36.7. The van der Waals surface area contributed by atoms with E-state index in [1.165, 1.54) is 0 Å². The maximum absolute atomic E-state index is 11.8. The van der Waals surface area contributed by atoms with Crippen molar-refractivity contribution >= 4 is 35.8 Å². The van der Waals surface area contributed by atoms with Crippen LogP contribution >= 0.6 is 0 Å². The zero-order valence-electron chi connectivity index (χ0n) is 24.9. The van der Waals surface area contributed by atoms with Crippen molar-refractivity contribution in [1.82, 2.24) is 0 Å². The van der Waals surface area contributed by atoms with E-state index >= 15 is 0 Å². The van der Waals surface area contributed by atoms with Gasteiger partial charge < -0.3 is 49.6 Å². The van der Waals surface area contributed by atoms with Crippen LogP contribution in [-0.4, -0.2) is 88.7 Å². The Bertz CT molecular complexity index is 841. The smallest absolute Gasteiger partial charge is 2.00 e. The van der Waals surface area contributed by atoms with Gasteiger partial charge in [0.25, 0.3) is 0 Å². The summed E-state index contributed by atoms with van der Waals surface area (Å²) in [5, 5.41) is 0. The van der Waals surface area contributed by atoms with E-state index in [2.05, 4.69) is 39.5 Å². The predicted octanol–water partition coefficient (Wildman–Crippen LogP) is 0.995. The maximum atomic E-state index is 11.8. The van der Waals surface area contributed by atoms with Gasteiger partial charge in [-0.1, -0.05) is 39.5 Å². The predicted molar refractivity (Wildman–Crippen MR) is 145 cm³/mol. The first-order valence-electron chi connectivity index (χ1n) is 11.8. The number of carbonyl (C=O) groups excluding carboxylic acids is 6. The third-order valence-electron chi connectivity index (χ3n) is 4.94. The molecule has 18 heteroatoms. The number of hydrogen-bond donors (Lipinski definition) is 0. The maximum Gasteiger partial charge on any atom is 3.00 e. The Labute approximate surface area is 333 Å². The molecule has 0 aliphatic heterocycles. The summed E-state index contributed by atoms with van der Waals surface area (Å²) in [6.45, 7) is 16.1. The van der Waals surface area contributed by atoms with E-state index in [1.807, 2.05) is 0 Å². The SMILES string of the molecule is C=CC(=O)OCC(COCC(COC(=O)C=C)(COC(=O)C=C)COC(=O)C=C)(COC(=O)C=C)COC(=O)C=C.[Ce+3].[Ce+3].[O-2].[O-2].[O-2]. The average Bonchev–Trinajstić information content (AvgIpc) is 3.00. The molecule has 0 rings (SSSR count). The minimum atomic E-state index is -1.49. The van der Waals surface area contributed by atoms with Crippen molar-refractivity contribution in [1.29, 1.82) is 0 Å². The molecule has 0 unspecified atom stereocenters. The summed E-state index contributed by atoms with van der Waals surface area (Å²) >= 11 is 0. The van der Waals surface area contributed by atoms with E-state index in [0.717, 1.165) is 36.5 Å². The van der Waals surface area contributed by atoms with E-state index in [0.29, 0.717) is 0 Å². The van der Waals surface area contributed by atoms with Gasteiger partial charge in [-0.3, -0.25) is 0 Å². The molecule has 0 fully saturated rings. The number of rotatable bonds is 22. The van der Waals surface area contributed by atoms with Gasteiger partial charge in [0, 0.05) is 36.5 Å². The molecule has 0 aromatic carbocycles. The Morgan fingerprint density at radius 1 is 0.370 bits per heavy atom. The summed E-state index contributed by atoms with van der Waals surface area (Å²) in [4.78, 5) is 70.9. The van der Waals surface area contributed by atoms with Crippen LogP contribution < -0.4 is 0 Å². The fourth-order valence-corrected chi connectivity index (χ4v) is 2.68. The van der Waals surface area contributed by atoms with E-state index in [9.17, 15) is 28.8 Å². The normalized spacial score (nSPS) is 9.39. The van der Waals surface area contributed by atoms with Gasteiger partial charge in [0.2, 0.25) is 0 Å².